The van der Waals surface area contributed by atoms with E-state index < -0.39 is 0 Å². The summed E-state index contributed by atoms with van der Waals surface area (Å²) in [6.45, 7) is 1.58. The first-order valence-corrected chi connectivity index (χ1v) is 10.1. The van der Waals surface area contributed by atoms with Crippen molar-refractivity contribution in [1.29, 1.82) is 0 Å². The lowest BCUT2D eigenvalue weighted by molar-refractivity contribution is 0.0726. The summed E-state index contributed by atoms with van der Waals surface area (Å²) >= 11 is 0. The van der Waals surface area contributed by atoms with Gasteiger partial charge in [-0.1, -0.05) is 0 Å². The number of hydrogen-bond donors (Lipinski definition) is 0. The Morgan fingerprint density at radius 2 is 1.17 bits per heavy atom. The van der Waals surface area contributed by atoms with Gasteiger partial charge in [-0.3, -0.25) is 4.79 Å². The number of fused-ring (bicyclic) bond motifs is 3. The van der Waals surface area contributed by atoms with Gasteiger partial charge < -0.3 is 23.8 Å². The number of rotatable bonds is 5. The molecule has 1 aliphatic rings. The van der Waals surface area contributed by atoms with Crippen LogP contribution in [0.4, 0.5) is 0 Å². The second-order valence-corrected chi connectivity index (χ2v) is 7.46. The molecule has 158 valence electrons. The fourth-order valence-corrected chi connectivity index (χ4v) is 4.25. The summed E-state index contributed by atoms with van der Waals surface area (Å²) in [4.78, 5) is 15.4. The Morgan fingerprint density at radius 3 is 1.73 bits per heavy atom. The Hall–Kier alpha value is -3.15. The zero-order valence-corrected chi connectivity index (χ0v) is 17.9. The van der Waals surface area contributed by atoms with E-state index in [2.05, 4.69) is 0 Å². The number of hydrogen-bond acceptors (Lipinski definition) is 5. The summed E-state index contributed by atoms with van der Waals surface area (Å²) in [6, 6.07) is 9.62. The van der Waals surface area contributed by atoms with E-state index in [0.717, 1.165) is 47.5 Å². The largest absolute Gasteiger partial charge is 0.493 e. The number of benzene rings is 3. The van der Waals surface area contributed by atoms with Crippen molar-refractivity contribution in [2.75, 3.05) is 41.5 Å². The van der Waals surface area contributed by atoms with Gasteiger partial charge in [-0.05, 0) is 71.1 Å². The smallest absolute Gasteiger partial charge is 0.254 e. The molecule has 0 N–H and O–H groups in total. The monoisotopic (exact) mass is 409 g/mol. The summed E-state index contributed by atoms with van der Waals surface area (Å²) in [6.07, 6.45) is 3.25. The van der Waals surface area contributed by atoms with E-state index in [1.54, 1.807) is 28.4 Å². The quantitative estimate of drug-likeness (QED) is 0.574. The third-order valence-corrected chi connectivity index (χ3v) is 5.83. The van der Waals surface area contributed by atoms with Crippen molar-refractivity contribution < 1.29 is 23.7 Å². The highest BCUT2D eigenvalue weighted by Crippen LogP contribution is 2.41. The Labute approximate surface area is 176 Å². The van der Waals surface area contributed by atoms with Crippen LogP contribution in [0.3, 0.4) is 0 Å². The van der Waals surface area contributed by atoms with Crippen LogP contribution in [0.1, 0.15) is 29.6 Å². The molecule has 4 rings (SSSR count). The van der Waals surface area contributed by atoms with E-state index in [4.69, 9.17) is 18.9 Å². The van der Waals surface area contributed by atoms with E-state index in [-0.39, 0.29) is 5.91 Å². The van der Waals surface area contributed by atoms with Crippen molar-refractivity contribution >= 4 is 27.5 Å². The van der Waals surface area contributed by atoms with E-state index in [0.29, 0.717) is 28.6 Å². The molecule has 0 radical (unpaired) electrons. The van der Waals surface area contributed by atoms with Crippen molar-refractivity contribution in [3.05, 3.63) is 35.9 Å². The molecule has 1 heterocycles. The molecule has 6 nitrogen and oxygen atoms in total. The maximum atomic E-state index is 13.5. The maximum absolute atomic E-state index is 13.5. The first-order valence-electron chi connectivity index (χ1n) is 10.1. The van der Waals surface area contributed by atoms with E-state index in [1.165, 1.54) is 6.42 Å². The van der Waals surface area contributed by atoms with Crippen LogP contribution in [0.15, 0.2) is 30.3 Å². The Kier molecular flexibility index (Phi) is 5.57. The molecule has 0 aromatic heterocycles. The predicted octanol–water partition coefficient (Wildman–Crippen LogP) is 4.65. The fraction of sp³-hybridized carbons (Fsp3) is 0.375. The number of ether oxygens (including phenoxy) is 4. The zero-order chi connectivity index (χ0) is 21.3. The zero-order valence-electron chi connectivity index (χ0n) is 17.9. The molecule has 3 aromatic rings. The second kappa shape index (κ2) is 8.30. The van der Waals surface area contributed by atoms with Gasteiger partial charge in [-0.15, -0.1) is 0 Å². The van der Waals surface area contributed by atoms with Crippen molar-refractivity contribution in [2.24, 2.45) is 0 Å². The fourth-order valence-electron chi connectivity index (χ4n) is 4.25. The topological polar surface area (TPSA) is 57.2 Å². The number of amides is 1. The lowest BCUT2D eigenvalue weighted by Gasteiger charge is -2.27. The minimum atomic E-state index is 0.0450. The Morgan fingerprint density at radius 1 is 0.667 bits per heavy atom. The van der Waals surface area contributed by atoms with Crippen LogP contribution in [-0.4, -0.2) is 52.3 Å². The average molecular weight is 409 g/mol. The maximum Gasteiger partial charge on any atom is 0.254 e. The normalized spacial score (nSPS) is 14.1. The molecule has 0 unspecified atom stereocenters. The molecule has 0 aliphatic carbocycles. The minimum Gasteiger partial charge on any atom is -0.493 e. The molecule has 1 saturated heterocycles. The predicted molar refractivity (Wildman–Crippen MR) is 117 cm³/mol. The standard InChI is InChI=1S/C24H27NO5/c1-27-20-11-15-10-19(24(26)25-8-6-5-7-9-25)18-14-23(30-4)22(29-3)13-17(18)16(15)12-21(20)28-2/h10-14H,5-9H2,1-4H3. The molecule has 0 spiro atoms. The van der Waals surface area contributed by atoms with Gasteiger partial charge in [0.05, 0.1) is 28.4 Å². The molecule has 6 heteroatoms. The minimum absolute atomic E-state index is 0.0450. The summed E-state index contributed by atoms with van der Waals surface area (Å²) in [5, 5.41) is 3.61. The molecular weight excluding hydrogens is 382 g/mol. The highest BCUT2D eigenvalue weighted by Gasteiger charge is 2.23. The second-order valence-electron chi connectivity index (χ2n) is 7.46. The summed E-state index contributed by atoms with van der Waals surface area (Å²) in [7, 11) is 6.44. The van der Waals surface area contributed by atoms with Gasteiger partial charge in [0, 0.05) is 18.7 Å². The van der Waals surface area contributed by atoms with Crippen molar-refractivity contribution in [3.63, 3.8) is 0 Å². The van der Waals surface area contributed by atoms with Crippen molar-refractivity contribution in [2.45, 2.75) is 19.3 Å². The Balaban J connectivity index is 2.04. The highest BCUT2D eigenvalue weighted by atomic mass is 16.5. The van der Waals surface area contributed by atoms with Gasteiger partial charge in [0.25, 0.3) is 5.91 Å². The van der Waals surface area contributed by atoms with Gasteiger partial charge in [0.15, 0.2) is 23.0 Å². The summed E-state index contributed by atoms with van der Waals surface area (Å²) in [5.74, 6) is 2.52. The van der Waals surface area contributed by atoms with Crippen LogP contribution in [0.5, 0.6) is 23.0 Å². The van der Waals surface area contributed by atoms with Gasteiger partial charge in [-0.2, -0.15) is 0 Å². The Bertz CT molecular complexity index is 1100. The number of likely N-dealkylation sites (tertiary alicyclic amines) is 1. The number of nitrogens with zero attached hydrogens (tertiary/aromatic N) is 1. The van der Waals surface area contributed by atoms with E-state index in [1.807, 2.05) is 35.2 Å². The summed E-state index contributed by atoms with van der Waals surface area (Å²) < 4.78 is 22.1. The first kappa shape index (κ1) is 20.1. The molecule has 0 bridgehead atoms. The first-order chi connectivity index (χ1) is 14.6. The van der Waals surface area contributed by atoms with Crippen molar-refractivity contribution in [1.82, 2.24) is 4.90 Å². The molecular formula is C24H27NO5. The van der Waals surface area contributed by atoms with Gasteiger partial charge >= 0.3 is 0 Å². The average Bonchev–Trinajstić information content (AvgIpc) is 2.81. The molecule has 1 aliphatic heterocycles. The number of methoxy groups -OCH3 is 4. The number of carbonyl (C=O) groups excluding carboxylic acids is 1. The lowest BCUT2D eigenvalue weighted by atomic mass is 9.95. The summed E-state index contributed by atoms with van der Waals surface area (Å²) in [5.41, 5.74) is 0.660. The van der Waals surface area contributed by atoms with E-state index in [9.17, 15) is 4.79 Å². The third kappa shape index (κ3) is 3.36. The van der Waals surface area contributed by atoms with Gasteiger partial charge in [-0.25, -0.2) is 0 Å². The van der Waals surface area contributed by atoms with Gasteiger partial charge in [0.1, 0.15) is 0 Å². The van der Waals surface area contributed by atoms with Crippen LogP contribution in [0, 0.1) is 0 Å². The van der Waals surface area contributed by atoms with Crippen molar-refractivity contribution in [3.8, 4) is 23.0 Å². The van der Waals surface area contributed by atoms with Crippen LogP contribution in [0.25, 0.3) is 21.5 Å². The lowest BCUT2D eigenvalue weighted by Crippen LogP contribution is -2.35. The molecule has 3 aromatic carbocycles. The third-order valence-electron chi connectivity index (χ3n) is 5.83. The molecule has 30 heavy (non-hydrogen) atoms. The molecule has 1 amide bonds. The SMILES string of the molecule is COc1cc2cc(C(=O)N3CCCCC3)c3cc(OC)c(OC)cc3c2cc1OC. The molecule has 0 saturated carbocycles. The number of carbonyl (C=O) groups is 1. The van der Waals surface area contributed by atoms with Gasteiger partial charge in [0.2, 0.25) is 0 Å². The van der Waals surface area contributed by atoms with Crippen LogP contribution in [0.2, 0.25) is 0 Å². The molecule has 1 fully saturated rings. The van der Waals surface area contributed by atoms with E-state index >= 15 is 0 Å². The van der Waals surface area contributed by atoms with Crippen LogP contribution < -0.4 is 18.9 Å². The molecule has 0 atom stereocenters. The highest BCUT2D eigenvalue weighted by molar-refractivity contribution is 6.18. The number of piperidine rings is 1. The van der Waals surface area contributed by atoms with Crippen LogP contribution >= 0.6 is 0 Å². The van der Waals surface area contributed by atoms with Crippen LogP contribution in [-0.2, 0) is 0 Å².